The third-order valence-corrected chi connectivity index (χ3v) is 3.06. The Morgan fingerprint density at radius 1 is 1.71 bits per heavy atom. The van der Waals surface area contributed by atoms with Crippen molar-refractivity contribution in [3.05, 3.63) is 0 Å². The number of hydrogen-bond acceptors (Lipinski definition) is 3. The lowest BCUT2D eigenvalue weighted by molar-refractivity contribution is -0.122. The van der Waals surface area contributed by atoms with E-state index in [1.54, 1.807) is 11.8 Å². The van der Waals surface area contributed by atoms with Crippen LogP contribution in [0.15, 0.2) is 0 Å². The fourth-order valence-electron chi connectivity index (χ4n) is 1.61. The van der Waals surface area contributed by atoms with Crippen LogP contribution in [0, 0.1) is 0 Å². The molecule has 1 heterocycles. The number of hydrogen-bond donors (Lipinski definition) is 1. The van der Waals surface area contributed by atoms with E-state index in [9.17, 15) is 4.79 Å². The molecule has 0 unspecified atom stereocenters. The normalized spacial score (nSPS) is 23.4. The predicted octanol–water partition coefficient (Wildman–Crippen LogP) is 1.42. The number of ether oxygens (including phenoxy) is 1. The summed E-state index contributed by atoms with van der Waals surface area (Å²) in [7, 11) is 0. The standard InChI is InChI=1S/C10H19NO2S/c1-8(9-4-3-6-13-9)11-10(12)5-7-14-2/h8-9H,3-7H2,1-2H3,(H,11,12)/t8-,9-/m0/s1. The summed E-state index contributed by atoms with van der Waals surface area (Å²) < 4.78 is 5.50. The minimum atomic E-state index is 0.141. The zero-order valence-corrected chi connectivity index (χ0v) is 9.73. The summed E-state index contributed by atoms with van der Waals surface area (Å²) in [6.45, 7) is 2.86. The van der Waals surface area contributed by atoms with Gasteiger partial charge in [0.05, 0.1) is 12.1 Å². The van der Waals surface area contributed by atoms with Crippen molar-refractivity contribution in [3.8, 4) is 0 Å². The van der Waals surface area contributed by atoms with E-state index in [-0.39, 0.29) is 18.1 Å². The van der Waals surface area contributed by atoms with Gasteiger partial charge in [-0.15, -0.1) is 0 Å². The maximum atomic E-state index is 11.4. The number of amides is 1. The number of carbonyl (C=O) groups is 1. The second-order valence-electron chi connectivity index (χ2n) is 3.65. The quantitative estimate of drug-likeness (QED) is 0.757. The summed E-state index contributed by atoms with van der Waals surface area (Å²) in [6, 6.07) is 0.159. The van der Waals surface area contributed by atoms with Crippen molar-refractivity contribution in [2.24, 2.45) is 0 Å². The lowest BCUT2D eigenvalue weighted by Crippen LogP contribution is -2.40. The van der Waals surface area contributed by atoms with Gasteiger partial charge < -0.3 is 10.1 Å². The molecule has 2 atom stereocenters. The van der Waals surface area contributed by atoms with Crippen LogP contribution in [0.4, 0.5) is 0 Å². The van der Waals surface area contributed by atoms with Crippen LogP contribution in [-0.2, 0) is 9.53 Å². The number of carbonyl (C=O) groups excluding carboxylic acids is 1. The van der Waals surface area contributed by atoms with Crippen LogP contribution in [0.3, 0.4) is 0 Å². The first-order valence-electron chi connectivity index (χ1n) is 5.14. The molecule has 0 aromatic heterocycles. The molecule has 0 aromatic carbocycles. The molecule has 0 spiro atoms. The van der Waals surface area contributed by atoms with Gasteiger partial charge in [0.1, 0.15) is 0 Å². The first-order chi connectivity index (χ1) is 6.74. The minimum Gasteiger partial charge on any atom is -0.376 e. The molecule has 14 heavy (non-hydrogen) atoms. The molecule has 0 aliphatic carbocycles. The van der Waals surface area contributed by atoms with Gasteiger partial charge in [0.2, 0.25) is 5.91 Å². The molecule has 0 bridgehead atoms. The number of thioether (sulfide) groups is 1. The van der Waals surface area contributed by atoms with E-state index in [4.69, 9.17) is 4.74 Å². The highest BCUT2D eigenvalue weighted by atomic mass is 32.2. The molecular formula is C10H19NO2S. The highest BCUT2D eigenvalue weighted by Gasteiger charge is 2.23. The van der Waals surface area contributed by atoms with Crippen molar-refractivity contribution in [3.63, 3.8) is 0 Å². The fourth-order valence-corrected chi connectivity index (χ4v) is 2.00. The SMILES string of the molecule is CSCCC(=O)N[C@@H](C)[C@@H]1CCCO1. The molecule has 1 saturated heterocycles. The molecule has 1 amide bonds. The zero-order valence-electron chi connectivity index (χ0n) is 8.91. The van der Waals surface area contributed by atoms with E-state index in [0.29, 0.717) is 6.42 Å². The van der Waals surface area contributed by atoms with Gasteiger partial charge >= 0.3 is 0 Å². The number of nitrogens with one attached hydrogen (secondary N) is 1. The van der Waals surface area contributed by atoms with Crippen LogP contribution in [0.2, 0.25) is 0 Å². The van der Waals surface area contributed by atoms with Crippen LogP contribution >= 0.6 is 11.8 Å². The topological polar surface area (TPSA) is 38.3 Å². The van der Waals surface area contributed by atoms with Crippen molar-refractivity contribution >= 4 is 17.7 Å². The van der Waals surface area contributed by atoms with E-state index < -0.39 is 0 Å². The summed E-state index contributed by atoms with van der Waals surface area (Å²) in [4.78, 5) is 11.4. The van der Waals surface area contributed by atoms with Crippen LogP contribution < -0.4 is 5.32 Å². The summed E-state index contributed by atoms with van der Waals surface area (Å²) >= 11 is 1.70. The van der Waals surface area contributed by atoms with Gasteiger partial charge in [-0.25, -0.2) is 0 Å². The number of rotatable bonds is 5. The molecule has 1 N–H and O–H groups in total. The molecule has 3 nitrogen and oxygen atoms in total. The molecular weight excluding hydrogens is 198 g/mol. The van der Waals surface area contributed by atoms with E-state index in [1.807, 2.05) is 13.2 Å². The first kappa shape index (κ1) is 11.9. The van der Waals surface area contributed by atoms with E-state index in [2.05, 4.69) is 5.32 Å². The summed E-state index contributed by atoms with van der Waals surface area (Å²) in [5, 5.41) is 2.98. The Kier molecular flexibility index (Phi) is 5.33. The molecule has 1 fully saturated rings. The third-order valence-electron chi connectivity index (χ3n) is 2.44. The van der Waals surface area contributed by atoms with E-state index in [1.165, 1.54) is 0 Å². The molecule has 82 valence electrons. The van der Waals surface area contributed by atoms with Gasteiger partial charge in [-0.1, -0.05) is 0 Å². The Balaban J connectivity index is 2.18. The maximum Gasteiger partial charge on any atom is 0.221 e. The molecule has 0 radical (unpaired) electrons. The van der Waals surface area contributed by atoms with Gasteiger partial charge in [0.15, 0.2) is 0 Å². The van der Waals surface area contributed by atoms with Gasteiger partial charge in [-0.05, 0) is 26.0 Å². The third kappa shape index (κ3) is 3.88. The predicted molar refractivity (Wildman–Crippen MR) is 59.6 cm³/mol. The molecule has 1 rings (SSSR count). The molecule has 1 aliphatic rings. The van der Waals surface area contributed by atoms with E-state index >= 15 is 0 Å². The second-order valence-corrected chi connectivity index (χ2v) is 4.64. The van der Waals surface area contributed by atoms with Crippen molar-refractivity contribution < 1.29 is 9.53 Å². The Labute approximate surface area is 90.0 Å². The van der Waals surface area contributed by atoms with Crippen LogP contribution in [-0.4, -0.2) is 36.7 Å². The summed E-state index contributed by atoms with van der Waals surface area (Å²) in [5.74, 6) is 1.03. The smallest absolute Gasteiger partial charge is 0.221 e. The van der Waals surface area contributed by atoms with Gasteiger partial charge in [0, 0.05) is 18.8 Å². The second kappa shape index (κ2) is 6.30. The van der Waals surface area contributed by atoms with Crippen LogP contribution in [0.5, 0.6) is 0 Å². The Bertz CT molecular complexity index is 181. The van der Waals surface area contributed by atoms with Crippen molar-refractivity contribution in [1.82, 2.24) is 5.32 Å². The van der Waals surface area contributed by atoms with Gasteiger partial charge in [0.25, 0.3) is 0 Å². The Hall–Kier alpha value is -0.220. The summed E-state index contributed by atoms with van der Waals surface area (Å²) in [6.07, 6.45) is 5.04. The van der Waals surface area contributed by atoms with Gasteiger partial charge in [-0.3, -0.25) is 4.79 Å². The Morgan fingerprint density at radius 3 is 3.07 bits per heavy atom. The average Bonchev–Trinajstić information content (AvgIpc) is 2.67. The lowest BCUT2D eigenvalue weighted by Gasteiger charge is -2.19. The Morgan fingerprint density at radius 2 is 2.50 bits per heavy atom. The van der Waals surface area contributed by atoms with E-state index in [0.717, 1.165) is 25.2 Å². The maximum absolute atomic E-state index is 11.4. The van der Waals surface area contributed by atoms with Gasteiger partial charge in [-0.2, -0.15) is 11.8 Å². The lowest BCUT2D eigenvalue weighted by atomic mass is 10.1. The minimum absolute atomic E-state index is 0.141. The highest BCUT2D eigenvalue weighted by Crippen LogP contribution is 2.15. The van der Waals surface area contributed by atoms with Crippen molar-refractivity contribution in [1.29, 1.82) is 0 Å². The molecule has 4 heteroatoms. The average molecular weight is 217 g/mol. The van der Waals surface area contributed by atoms with Crippen molar-refractivity contribution in [2.45, 2.75) is 38.3 Å². The molecule has 0 aromatic rings. The summed E-state index contributed by atoms with van der Waals surface area (Å²) in [5.41, 5.74) is 0. The fraction of sp³-hybridized carbons (Fsp3) is 0.900. The largest absolute Gasteiger partial charge is 0.376 e. The highest BCUT2D eigenvalue weighted by molar-refractivity contribution is 7.98. The molecule has 0 saturated carbocycles. The first-order valence-corrected chi connectivity index (χ1v) is 6.53. The van der Waals surface area contributed by atoms with Crippen LogP contribution in [0.25, 0.3) is 0 Å². The zero-order chi connectivity index (χ0) is 10.4. The monoisotopic (exact) mass is 217 g/mol. The van der Waals surface area contributed by atoms with Crippen LogP contribution in [0.1, 0.15) is 26.2 Å². The van der Waals surface area contributed by atoms with Crippen molar-refractivity contribution in [2.75, 3.05) is 18.6 Å². The molecule has 1 aliphatic heterocycles.